The molecule has 166 valence electrons. The molecule has 0 fully saturated rings. The fourth-order valence-electron chi connectivity index (χ4n) is 2.71. The molecule has 3 aromatic carbocycles. The van der Waals surface area contributed by atoms with Crippen molar-refractivity contribution < 1.29 is 22.7 Å². The van der Waals surface area contributed by atoms with Crippen molar-refractivity contribution in [1.82, 2.24) is 5.43 Å². The van der Waals surface area contributed by atoms with Crippen molar-refractivity contribution in [3.63, 3.8) is 0 Å². The second-order valence-corrected chi connectivity index (χ2v) is 7.61. The minimum atomic E-state index is -4.46. The Morgan fingerprint density at radius 3 is 2.47 bits per heavy atom. The van der Waals surface area contributed by atoms with Crippen molar-refractivity contribution in [3.05, 3.63) is 99.0 Å². The Hall–Kier alpha value is -3.03. The van der Waals surface area contributed by atoms with Gasteiger partial charge in [0.1, 0.15) is 12.4 Å². The van der Waals surface area contributed by atoms with Crippen LogP contribution in [-0.2, 0) is 24.0 Å². The maximum atomic E-state index is 12.7. The van der Waals surface area contributed by atoms with Crippen molar-refractivity contribution >= 4 is 35.3 Å². The largest absolute Gasteiger partial charge is 0.489 e. The van der Waals surface area contributed by atoms with Crippen LogP contribution in [0.4, 0.5) is 13.2 Å². The van der Waals surface area contributed by atoms with Gasteiger partial charge < -0.3 is 4.74 Å². The van der Waals surface area contributed by atoms with Gasteiger partial charge >= 0.3 is 6.18 Å². The zero-order chi connectivity index (χ0) is 23.1. The molecule has 9 heteroatoms. The van der Waals surface area contributed by atoms with Crippen LogP contribution >= 0.6 is 23.2 Å². The molecule has 0 atom stereocenters. The monoisotopic (exact) mass is 480 g/mol. The van der Waals surface area contributed by atoms with Crippen molar-refractivity contribution in [2.75, 3.05) is 0 Å². The quantitative estimate of drug-likeness (QED) is 0.319. The molecule has 4 nitrogen and oxygen atoms in total. The summed E-state index contributed by atoms with van der Waals surface area (Å²) in [5, 5.41) is 4.90. The highest BCUT2D eigenvalue weighted by atomic mass is 35.5. The molecule has 0 aliphatic rings. The second kappa shape index (κ2) is 10.5. The summed E-state index contributed by atoms with van der Waals surface area (Å²) < 4.78 is 43.9. The highest BCUT2D eigenvalue weighted by molar-refractivity contribution is 6.35. The minimum absolute atomic E-state index is 0.221. The molecular weight excluding hydrogens is 464 g/mol. The van der Waals surface area contributed by atoms with Crippen molar-refractivity contribution in [1.29, 1.82) is 0 Å². The zero-order valence-electron chi connectivity index (χ0n) is 16.5. The molecule has 32 heavy (non-hydrogen) atoms. The molecule has 3 rings (SSSR count). The lowest BCUT2D eigenvalue weighted by Crippen LogP contribution is -2.20. The van der Waals surface area contributed by atoms with Crippen LogP contribution in [0.25, 0.3) is 0 Å². The molecule has 0 radical (unpaired) electrons. The average molecular weight is 481 g/mol. The van der Waals surface area contributed by atoms with Gasteiger partial charge in [0, 0.05) is 15.6 Å². The van der Waals surface area contributed by atoms with Gasteiger partial charge in [0.25, 0.3) is 0 Å². The van der Waals surface area contributed by atoms with E-state index < -0.39 is 17.6 Å². The van der Waals surface area contributed by atoms with E-state index in [1.807, 2.05) is 0 Å². The number of halogens is 5. The predicted octanol–water partition coefficient (Wildman–Crippen LogP) is 6.28. The highest BCUT2D eigenvalue weighted by Gasteiger charge is 2.30. The molecule has 0 aliphatic heterocycles. The van der Waals surface area contributed by atoms with E-state index in [1.165, 1.54) is 18.3 Å². The summed E-state index contributed by atoms with van der Waals surface area (Å²) in [6.07, 6.45) is -3.26. The maximum absolute atomic E-state index is 12.7. The number of nitrogens with one attached hydrogen (secondary N) is 1. The highest BCUT2D eigenvalue weighted by Crippen LogP contribution is 2.29. The normalized spacial score (nSPS) is 11.5. The number of rotatable bonds is 7. The van der Waals surface area contributed by atoms with Gasteiger partial charge in [0.05, 0.1) is 18.2 Å². The predicted molar refractivity (Wildman–Crippen MR) is 118 cm³/mol. The number of ether oxygens (including phenoxy) is 1. The topological polar surface area (TPSA) is 50.7 Å². The third-order valence-electron chi connectivity index (χ3n) is 4.31. The number of carbonyl (C=O) groups is 1. The molecular formula is C23H17Cl2F3N2O2. The summed E-state index contributed by atoms with van der Waals surface area (Å²) in [6, 6.07) is 16.7. The molecule has 0 aromatic heterocycles. The summed E-state index contributed by atoms with van der Waals surface area (Å²) in [4.78, 5) is 11.9. The third-order valence-corrected chi connectivity index (χ3v) is 4.90. The molecule has 1 N–H and O–H groups in total. The van der Waals surface area contributed by atoms with Crippen molar-refractivity contribution in [2.45, 2.75) is 19.2 Å². The lowest BCUT2D eigenvalue weighted by atomic mass is 10.1. The van der Waals surface area contributed by atoms with Crippen LogP contribution in [0.1, 0.15) is 22.3 Å². The SMILES string of the molecule is O=C(Cc1cccc(C(F)(F)F)c1)N/N=C\c1ccc(OCc2ccc(Cl)cc2Cl)cc1. The lowest BCUT2D eigenvalue weighted by Gasteiger charge is -2.08. The van der Waals surface area contributed by atoms with E-state index in [0.29, 0.717) is 21.4 Å². The van der Waals surface area contributed by atoms with E-state index in [9.17, 15) is 18.0 Å². The van der Waals surface area contributed by atoms with Crippen LogP contribution in [-0.4, -0.2) is 12.1 Å². The molecule has 0 bridgehead atoms. The average Bonchev–Trinajstić information content (AvgIpc) is 2.74. The molecule has 0 unspecified atom stereocenters. The first kappa shape index (κ1) is 23.6. The van der Waals surface area contributed by atoms with Crippen molar-refractivity contribution in [2.24, 2.45) is 5.10 Å². The van der Waals surface area contributed by atoms with Crippen LogP contribution in [0.5, 0.6) is 5.75 Å². The number of alkyl halides is 3. The van der Waals surface area contributed by atoms with Gasteiger partial charge in [-0.2, -0.15) is 18.3 Å². The fraction of sp³-hybridized carbons (Fsp3) is 0.130. The summed E-state index contributed by atoms with van der Waals surface area (Å²) in [5.41, 5.74) is 3.24. The van der Waals surface area contributed by atoms with Crippen LogP contribution in [0.2, 0.25) is 10.0 Å². The van der Waals surface area contributed by atoms with Gasteiger partial charge in [-0.1, -0.05) is 47.5 Å². The zero-order valence-corrected chi connectivity index (χ0v) is 18.0. The minimum Gasteiger partial charge on any atom is -0.489 e. The Bertz CT molecular complexity index is 1120. The molecule has 0 saturated carbocycles. The Balaban J connectivity index is 1.50. The van der Waals surface area contributed by atoms with E-state index >= 15 is 0 Å². The van der Waals surface area contributed by atoms with Crippen molar-refractivity contribution in [3.8, 4) is 5.75 Å². The van der Waals surface area contributed by atoms with Crippen LogP contribution < -0.4 is 10.2 Å². The Labute approximate surface area is 192 Å². The molecule has 0 aliphatic carbocycles. The maximum Gasteiger partial charge on any atom is 0.416 e. The number of benzene rings is 3. The smallest absolute Gasteiger partial charge is 0.416 e. The lowest BCUT2D eigenvalue weighted by molar-refractivity contribution is -0.137. The first-order valence-corrected chi connectivity index (χ1v) is 10.1. The van der Waals surface area contributed by atoms with E-state index in [4.69, 9.17) is 27.9 Å². The number of hydrazone groups is 1. The Morgan fingerprint density at radius 1 is 1.03 bits per heavy atom. The number of amides is 1. The summed E-state index contributed by atoms with van der Waals surface area (Å²) in [6.45, 7) is 0.273. The van der Waals surface area contributed by atoms with E-state index in [-0.39, 0.29) is 18.6 Å². The Kier molecular flexibility index (Phi) is 7.77. The number of hydrogen-bond acceptors (Lipinski definition) is 3. The summed E-state index contributed by atoms with van der Waals surface area (Å²) in [5.74, 6) is 0.0853. The standard InChI is InChI=1S/C23H17Cl2F3N2O2/c24-19-7-6-17(21(25)12-19)14-32-20-8-4-15(5-9-20)13-29-30-22(31)11-16-2-1-3-18(10-16)23(26,27)28/h1-10,12-13H,11,14H2,(H,30,31)/b29-13-. The molecule has 0 heterocycles. The van der Waals surface area contributed by atoms with Gasteiger partial charge in [-0.25, -0.2) is 5.43 Å². The molecule has 1 amide bonds. The fourth-order valence-corrected chi connectivity index (χ4v) is 3.17. The van der Waals surface area contributed by atoms with Crippen LogP contribution in [0.3, 0.4) is 0 Å². The molecule has 0 saturated heterocycles. The van der Waals surface area contributed by atoms with E-state index in [1.54, 1.807) is 42.5 Å². The third kappa shape index (κ3) is 7.00. The molecule has 3 aromatic rings. The van der Waals surface area contributed by atoms with Gasteiger partial charge in [0.2, 0.25) is 5.91 Å². The van der Waals surface area contributed by atoms with Gasteiger partial charge in [0.15, 0.2) is 0 Å². The second-order valence-electron chi connectivity index (χ2n) is 6.76. The number of nitrogens with zero attached hydrogens (tertiary/aromatic N) is 1. The number of hydrogen-bond donors (Lipinski definition) is 1. The van der Waals surface area contributed by atoms with Gasteiger partial charge in [-0.15, -0.1) is 0 Å². The molecule has 0 spiro atoms. The van der Waals surface area contributed by atoms with Crippen LogP contribution in [0, 0.1) is 0 Å². The first-order chi connectivity index (χ1) is 15.2. The van der Waals surface area contributed by atoms with E-state index in [0.717, 1.165) is 17.7 Å². The van der Waals surface area contributed by atoms with Gasteiger partial charge in [-0.05, 0) is 53.6 Å². The van der Waals surface area contributed by atoms with E-state index in [2.05, 4.69) is 10.5 Å². The summed E-state index contributed by atoms with van der Waals surface area (Å²) >= 11 is 12.0. The van der Waals surface area contributed by atoms with Crippen LogP contribution in [0.15, 0.2) is 71.8 Å². The number of carbonyl (C=O) groups excluding carboxylic acids is 1. The van der Waals surface area contributed by atoms with Gasteiger partial charge in [-0.3, -0.25) is 4.79 Å². The first-order valence-electron chi connectivity index (χ1n) is 9.35. The summed E-state index contributed by atoms with van der Waals surface area (Å²) in [7, 11) is 0. The Morgan fingerprint density at radius 2 is 1.78 bits per heavy atom.